The van der Waals surface area contributed by atoms with Crippen molar-refractivity contribution in [3.8, 4) is 0 Å². The lowest BCUT2D eigenvalue weighted by atomic mass is 10.0. The average Bonchev–Trinajstić information content (AvgIpc) is 3.19. The van der Waals surface area contributed by atoms with Crippen molar-refractivity contribution < 1.29 is 38.2 Å². The van der Waals surface area contributed by atoms with Gasteiger partial charge in [-0.25, -0.2) is 0 Å². The molecule has 0 heterocycles. The number of carbonyl (C=O) groups excluding carboxylic acids is 3. The maximum Gasteiger partial charge on any atom is 0.306 e. The zero-order valence-corrected chi connectivity index (χ0v) is 38.4. The van der Waals surface area contributed by atoms with Gasteiger partial charge in [-0.3, -0.25) is 9.59 Å². The monoisotopic (exact) mass is 826 g/mol. The highest BCUT2D eigenvalue weighted by molar-refractivity contribution is 5.70. The van der Waals surface area contributed by atoms with Gasteiger partial charge in [0.15, 0.2) is 6.10 Å². The van der Waals surface area contributed by atoms with Crippen molar-refractivity contribution in [1.82, 2.24) is 0 Å². The molecular formula is C51H87NO7. The van der Waals surface area contributed by atoms with Crippen LogP contribution < -0.4 is 5.11 Å². The van der Waals surface area contributed by atoms with Crippen molar-refractivity contribution in [2.75, 3.05) is 41.0 Å². The minimum atomic E-state index is -1.13. The molecule has 0 aliphatic rings. The summed E-state index contributed by atoms with van der Waals surface area (Å²) >= 11 is 0. The van der Waals surface area contributed by atoms with Crippen LogP contribution in [0, 0.1) is 0 Å². The lowest BCUT2D eigenvalue weighted by Crippen LogP contribution is -2.55. The number of unbranched alkanes of at least 4 members (excludes halogenated alkanes) is 15. The minimum absolute atomic E-state index is 0.0283. The smallest absolute Gasteiger partial charge is 0.306 e. The van der Waals surface area contributed by atoms with Crippen LogP contribution in [0.3, 0.4) is 0 Å². The number of quaternary nitrogens is 1. The van der Waals surface area contributed by atoms with Crippen LogP contribution in [0.25, 0.3) is 0 Å². The van der Waals surface area contributed by atoms with Crippen LogP contribution >= 0.6 is 0 Å². The summed E-state index contributed by atoms with van der Waals surface area (Å²) in [6.45, 7) is 4.51. The Hall–Kier alpha value is -3.23. The highest BCUT2D eigenvalue weighted by Crippen LogP contribution is 2.14. The largest absolute Gasteiger partial charge is 0.544 e. The van der Waals surface area contributed by atoms with Crippen LogP contribution in [-0.4, -0.2) is 75.5 Å². The number of carbonyl (C=O) groups is 3. The maximum absolute atomic E-state index is 12.7. The van der Waals surface area contributed by atoms with Crippen molar-refractivity contribution >= 4 is 17.9 Å². The van der Waals surface area contributed by atoms with Gasteiger partial charge in [-0.05, 0) is 64.2 Å². The highest BCUT2D eigenvalue weighted by atomic mass is 16.6. The Labute approximate surface area is 361 Å². The van der Waals surface area contributed by atoms with E-state index in [1.807, 2.05) is 0 Å². The molecule has 0 N–H and O–H groups in total. The number of hydrogen-bond acceptors (Lipinski definition) is 7. The SMILES string of the molecule is CC/C=C/C/C=C/C/C=C/C/C=C/C/C=C/C/C=C/CCCCCCC(=O)OC(COCCC(C(=O)[O-])[N+](C)(C)C)COC(=O)CCCCCCCCCCCCCC. The first kappa shape index (κ1) is 55.8. The second-order valence-corrected chi connectivity index (χ2v) is 16.6. The number of ether oxygens (including phenoxy) is 3. The second-order valence-electron chi connectivity index (χ2n) is 16.6. The van der Waals surface area contributed by atoms with Crippen molar-refractivity contribution in [3.05, 3.63) is 72.9 Å². The number of hydrogen-bond donors (Lipinski definition) is 0. The Balaban J connectivity index is 4.35. The first-order valence-corrected chi connectivity index (χ1v) is 23.5. The van der Waals surface area contributed by atoms with E-state index in [0.29, 0.717) is 6.42 Å². The van der Waals surface area contributed by atoms with E-state index in [1.165, 1.54) is 57.8 Å². The summed E-state index contributed by atoms with van der Waals surface area (Å²) in [5, 5.41) is 11.6. The van der Waals surface area contributed by atoms with Crippen LogP contribution in [0.1, 0.15) is 181 Å². The molecule has 8 nitrogen and oxygen atoms in total. The lowest BCUT2D eigenvalue weighted by Gasteiger charge is -2.34. The molecular weight excluding hydrogens is 739 g/mol. The lowest BCUT2D eigenvalue weighted by molar-refractivity contribution is -0.889. The van der Waals surface area contributed by atoms with E-state index in [9.17, 15) is 19.5 Å². The number of carboxylic acids is 1. The van der Waals surface area contributed by atoms with E-state index in [4.69, 9.17) is 14.2 Å². The van der Waals surface area contributed by atoms with Gasteiger partial charge in [-0.2, -0.15) is 0 Å². The first-order chi connectivity index (χ1) is 28.6. The summed E-state index contributed by atoms with van der Waals surface area (Å²) in [5.41, 5.74) is 0. The minimum Gasteiger partial charge on any atom is -0.544 e. The number of esters is 2. The predicted molar refractivity (Wildman–Crippen MR) is 245 cm³/mol. The quantitative estimate of drug-likeness (QED) is 0.0262. The van der Waals surface area contributed by atoms with E-state index in [2.05, 4.69) is 86.8 Å². The number of nitrogens with zero attached hydrogens (tertiary/aromatic N) is 1. The molecule has 0 spiro atoms. The molecule has 8 heteroatoms. The van der Waals surface area contributed by atoms with Gasteiger partial charge in [-0.1, -0.05) is 170 Å². The predicted octanol–water partition coefficient (Wildman–Crippen LogP) is 11.8. The Kier molecular flexibility index (Phi) is 39.2. The standard InChI is InChI=1S/C51H87NO7/c1-6-8-10-12-14-16-18-20-21-22-23-24-25-26-27-28-29-30-32-34-36-38-40-42-50(54)59-47(45-57-44-43-48(51(55)56)52(3,4)5)46-58-49(53)41-39-37-35-33-31-19-17-15-13-11-9-7-2/h8,10,14,16,20-21,23-24,26-27,29-30,47-48H,6-7,9,11-13,15,17-19,22,25,28,31-46H2,1-5H3/b10-8+,16-14+,21-20+,24-23+,27-26+,30-29+. The third-order valence-electron chi connectivity index (χ3n) is 10.1. The summed E-state index contributed by atoms with van der Waals surface area (Å²) in [5.74, 6) is -1.77. The topological polar surface area (TPSA) is 102 Å². The molecule has 0 bridgehead atoms. The van der Waals surface area contributed by atoms with Crippen LogP contribution in [-0.2, 0) is 28.6 Å². The fourth-order valence-corrected chi connectivity index (χ4v) is 6.49. The number of likely N-dealkylation sites (N-methyl/N-ethyl adjacent to an activating group) is 1. The van der Waals surface area contributed by atoms with Gasteiger partial charge in [0.2, 0.25) is 0 Å². The van der Waals surface area contributed by atoms with Gasteiger partial charge in [0.05, 0.1) is 40.3 Å². The molecule has 0 amide bonds. The molecule has 0 radical (unpaired) electrons. The molecule has 0 aromatic rings. The van der Waals surface area contributed by atoms with Crippen molar-refractivity contribution in [2.24, 2.45) is 0 Å². The summed E-state index contributed by atoms with van der Waals surface area (Å²) in [6, 6.07) is -0.733. The zero-order valence-electron chi connectivity index (χ0n) is 38.4. The Morgan fingerprint density at radius 1 is 0.525 bits per heavy atom. The molecule has 338 valence electrons. The van der Waals surface area contributed by atoms with Crippen LogP contribution in [0.5, 0.6) is 0 Å². The van der Waals surface area contributed by atoms with Gasteiger partial charge in [0.1, 0.15) is 12.6 Å². The molecule has 0 fully saturated rings. The van der Waals surface area contributed by atoms with Gasteiger partial charge in [-0.15, -0.1) is 0 Å². The summed E-state index contributed by atoms with van der Waals surface area (Å²) < 4.78 is 17.2. The van der Waals surface area contributed by atoms with Crippen molar-refractivity contribution in [1.29, 1.82) is 0 Å². The second kappa shape index (κ2) is 41.5. The fourth-order valence-electron chi connectivity index (χ4n) is 6.49. The van der Waals surface area contributed by atoms with Crippen molar-refractivity contribution in [2.45, 2.75) is 193 Å². The molecule has 0 aromatic heterocycles. The molecule has 2 unspecified atom stereocenters. The van der Waals surface area contributed by atoms with Crippen LogP contribution in [0.2, 0.25) is 0 Å². The normalized spacial score (nSPS) is 13.6. The van der Waals surface area contributed by atoms with Gasteiger partial charge in [0.25, 0.3) is 0 Å². The first-order valence-electron chi connectivity index (χ1n) is 23.5. The molecule has 0 aliphatic heterocycles. The molecule has 0 saturated carbocycles. The van der Waals surface area contributed by atoms with E-state index in [1.54, 1.807) is 21.1 Å². The van der Waals surface area contributed by atoms with Gasteiger partial charge < -0.3 is 28.6 Å². The van der Waals surface area contributed by atoms with Crippen LogP contribution in [0.4, 0.5) is 0 Å². The van der Waals surface area contributed by atoms with E-state index < -0.39 is 18.1 Å². The molecule has 0 aromatic carbocycles. The highest BCUT2D eigenvalue weighted by Gasteiger charge is 2.25. The van der Waals surface area contributed by atoms with E-state index in [0.717, 1.165) is 89.9 Å². The van der Waals surface area contributed by atoms with E-state index in [-0.39, 0.29) is 49.1 Å². The fraction of sp³-hybridized carbons (Fsp3) is 0.706. The summed E-state index contributed by atoms with van der Waals surface area (Å²) in [6.07, 6.45) is 52.1. The molecule has 0 aliphatic carbocycles. The number of rotatable bonds is 41. The molecule has 59 heavy (non-hydrogen) atoms. The van der Waals surface area contributed by atoms with Crippen LogP contribution in [0.15, 0.2) is 72.9 Å². The molecule has 0 saturated heterocycles. The summed E-state index contributed by atoms with van der Waals surface area (Å²) in [7, 11) is 5.39. The third kappa shape index (κ3) is 40.0. The number of allylic oxidation sites excluding steroid dienone is 12. The maximum atomic E-state index is 12.7. The van der Waals surface area contributed by atoms with Crippen molar-refractivity contribution in [3.63, 3.8) is 0 Å². The molecule has 0 rings (SSSR count). The Morgan fingerprint density at radius 3 is 1.41 bits per heavy atom. The van der Waals surface area contributed by atoms with Gasteiger partial charge in [0, 0.05) is 19.3 Å². The average molecular weight is 826 g/mol. The number of aliphatic carboxylic acids is 1. The number of carboxylic acid groups (broad SMARTS) is 1. The van der Waals surface area contributed by atoms with Gasteiger partial charge >= 0.3 is 11.9 Å². The Morgan fingerprint density at radius 2 is 0.949 bits per heavy atom. The zero-order chi connectivity index (χ0) is 43.5. The third-order valence-corrected chi connectivity index (χ3v) is 10.1. The summed E-state index contributed by atoms with van der Waals surface area (Å²) in [4.78, 5) is 36.9. The van der Waals surface area contributed by atoms with E-state index >= 15 is 0 Å². The Bertz CT molecular complexity index is 1190. The molecule has 2 atom stereocenters.